The average Bonchev–Trinajstić information content (AvgIpc) is 2.94. The molecule has 3 nitrogen and oxygen atoms in total. The summed E-state index contributed by atoms with van der Waals surface area (Å²) in [6.45, 7) is 3.50. The maximum Gasteiger partial charge on any atom is 0.219 e. The summed E-state index contributed by atoms with van der Waals surface area (Å²) < 4.78 is 0. The van der Waals surface area contributed by atoms with Crippen LogP contribution in [0.1, 0.15) is 200 Å². The number of hydrogen-bond donors (Lipinski definition) is 2. The lowest BCUT2D eigenvalue weighted by Gasteiger charge is -2.06. The predicted octanol–water partition coefficient (Wildman–Crippen LogP) is 11.4. The fraction of sp³-hybridized carbons (Fsp3) is 0.917. The number of aliphatic hydroxyl groups excluding tert-OH is 1. The molecule has 0 aromatic heterocycles. The summed E-state index contributed by atoms with van der Waals surface area (Å²) in [6, 6.07) is 0. The third-order valence-electron chi connectivity index (χ3n) is 8.07. The Bertz CT molecular complexity index is 490. The van der Waals surface area contributed by atoms with Crippen molar-refractivity contribution in [3.05, 3.63) is 12.2 Å². The van der Waals surface area contributed by atoms with Crippen molar-refractivity contribution < 1.29 is 9.90 Å². The number of unbranched alkanes of at least 4 members (excludes halogenated alkanes) is 26. The van der Waals surface area contributed by atoms with E-state index in [1.54, 1.807) is 0 Å². The number of rotatable bonds is 33. The van der Waals surface area contributed by atoms with Gasteiger partial charge in [0, 0.05) is 19.6 Å². The van der Waals surface area contributed by atoms with Crippen LogP contribution in [0.25, 0.3) is 0 Å². The molecule has 0 saturated heterocycles. The van der Waals surface area contributed by atoms with Crippen molar-refractivity contribution in [2.75, 3.05) is 13.2 Å². The number of aliphatic hydroxyl groups is 1. The molecule has 0 rings (SSSR count). The topological polar surface area (TPSA) is 49.3 Å². The molecule has 0 bridgehead atoms. The summed E-state index contributed by atoms with van der Waals surface area (Å²) in [5, 5.41) is 11.9. The van der Waals surface area contributed by atoms with E-state index in [4.69, 9.17) is 5.11 Å². The highest BCUT2D eigenvalue weighted by Gasteiger charge is 2.01. The van der Waals surface area contributed by atoms with E-state index in [9.17, 15) is 4.79 Å². The number of amides is 1. The van der Waals surface area contributed by atoms with Gasteiger partial charge in [0.25, 0.3) is 0 Å². The van der Waals surface area contributed by atoms with E-state index in [2.05, 4.69) is 24.4 Å². The highest BCUT2D eigenvalue weighted by molar-refractivity contribution is 5.75. The average molecular weight is 550 g/mol. The van der Waals surface area contributed by atoms with E-state index in [0.717, 1.165) is 25.8 Å². The number of nitrogens with one attached hydrogen (secondary N) is 1. The molecular weight excluding hydrogens is 478 g/mol. The predicted molar refractivity (Wildman–Crippen MR) is 173 cm³/mol. The molecule has 0 aliphatic carbocycles. The highest BCUT2D eigenvalue weighted by atomic mass is 16.2. The second-order valence-electron chi connectivity index (χ2n) is 12.1. The molecule has 0 heterocycles. The molecule has 39 heavy (non-hydrogen) atoms. The third kappa shape index (κ3) is 35.1. The monoisotopic (exact) mass is 550 g/mol. The Hall–Kier alpha value is -0.830. The zero-order chi connectivity index (χ0) is 28.3. The van der Waals surface area contributed by atoms with Gasteiger partial charge in [0.2, 0.25) is 5.91 Å². The van der Waals surface area contributed by atoms with Gasteiger partial charge in [0.1, 0.15) is 0 Å². The Morgan fingerprint density at radius 2 is 0.846 bits per heavy atom. The first kappa shape index (κ1) is 38.2. The minimum Gasteiger partial charge on any atom is -0.396 e. The summed E-state index contributed by atoms with van der Waals surface area (Å²) >= 11 is 0. The van der Waals surface area contributed by atoms with Crippen LogP contribution in [0, 0.1) is 0 Å². The quantitative estimate of drug-likeness (QED) is 0.0631. The van der Waals surface area contributed by atoms with Crippen LogP contribution in [-0.2, 0) is 4.79 Å². The molecular formula is C36H71NO2. The number of carbonyl (C=O) groups excluding carboxylic acids is 1. The maximum absolute atomic E-state index is 12.0. The molecule has 0 saturated carbocycles. The summed E-state index contributed by atoms with van der Waals surface area (Å²) in [7, 11) is 0. The van der Waals surface area contributed by atoms with Gasteiger partial charge in [-0.05, 0) is 44.9 Å². The molecule has 0 fully saturated rings. The molecule has 0 aliphatic rings. The van der Waals surface area contributed by atoms with Gasteiger partial charge in [-0.2, -0.15) is 0 Å². The minimum atomic E-state index is 0.260. The second kappa shape index (κ2) is 35.2. The molecule has 0 aromatic rings. The van der Waals surface area contributed by atoms with E-state index < -0.39 is 0 Å². The van der Waals surface area contributed by atoms with Gasteiger partial charge >= 0.3 is 0 Å². The van der Waals surface area contributed by atoms with E-state index in [1.807, 2.05) is 0 Å². The fourth-order valence-electron chi connectivity index (χ4n) is 5.38. The SMILES string of the molecule is CCCCCCCCC=CCCCCCCCCNC(=O)CCCCCCCCCCCCCCCCCO. The van der Waals surface area contributed by atoms with Crippen molar-refractivity contribution in [1.29, 1.82) is 0 Å². The molecule has 0 aromatic carbocycles. The Morgan fingerprint density at radius 3 is 1.28 bits per heavy atom. The molecule has 1 amide bonds. The first-order valence-electron chi connectivity index (χ1n) is 17.8. The van der Waals surface area contributed by atoms with Crippen LogP contribution in [-0.4, -0.2) is 24.2 Å². The van der Waals surface area contributed by atoms with Crippen molar-refractivity contribution >= 4 is 5.91 Å². The molecule has 3 heteroatoms. The Morgan fingerprint density at radius 1 is 0.487 bits per heavy atom. The van der Waals surface area contributed by atoms with Crippen LogP contribution in [0.3, 0.4) is 0 Å². The van der Waals surface area contributed by atoms with Crippen LogP contribution < -0.4 is 5.32 Å². The second-order valence-corrected chi connectivity index (χ2v) is 12.1. The van der Waals surface area contributed by atoms with Crippen molar-refractivity contribution in [2.24, 2.45) is 0 Å². The zero-order valence-electron chi connectivity index (χ0n) is 26.6. The molecule has 0 radical (unpaired) electrons. The Labute approximate surface area is 245 Å². The van der Waals surface area contributed by atoms with E-state index in [0.29, 0.717) is 13.0 Å². The smallest absolute Gasteiger partial charge is 0.219 e. The molecule has 2 N–H and O–H groups in total. The molecule has 0 atom stereocenters. The number of carbonyl (C=O) groups is 1. The number of allylic oxidation sites excluding steroid dienone is 2. The van der Waals surface area contributed by atoms with Crippen LogP contribution in [0.4, 0.5) is 0 Å². The van der Waals surface area contributed by atoms with Crippen molar-refractivity contribution in [2.45, 2.75) is 200 Å². The molecule has 0 spiro atoms. The highest BCUT2D eigenvalue weighted by Crippen LogP contribution is 2.14. The largest absolute Gasteiger partial charge is 0.396 e. The lowest BCUT2D eigenvalue weighted by Crippen LogP contribution is -2.23. The van der Waals surface area contributed by atoms with Crippen LogP contribution in [0.5, 0.6) is 0 Å². The van der Waals surface area contributed by atoms with Crippen molar-refractivity contribution in [3.63, 3.8) is 0 Å². The lowest BCUT2D eigenvalue weighted by molar-refractivity contribution is -0.121. The van der Waals surface area contributed by atoms with E-state index in [-0.39, 0.29) is 5.91 Å². The van der Waals surface area contributed by atoms with Crippen LogP contribution in [0.2, 0.25) is 0 Å². The first-order chi connectivity index (χ1) is 19.3. The summed E-state index contributed by atoms with van der Waals surface area (Å²) in [5.41, 5.74) is 0. The fourth-order valence-corrected chi connectivity index (χ4v) is 5.38. The molecule has 232 valence electrons. The Balaban J connectivity index is 3.18. The lowest BCUT2D eigenvalue weighted by atomic mass is 10.0. The van der Waals surface area contributed by atoms with E-state index >= 15 is 0 Å². The standard InChI is InChI=1S/C36H71NO2/c1-2-3-4-5-6-7-8-9-10-13-16-19-22-25-28-31-34-37-36(39)33-30-27-24-21-18-15-12-11-14-17-20-23-26-29-32-35-38/h9-10,38H,2-8,11-35H2,1H3,(H,37,39). The van der Waals surface area contributed by atoms with Crippen LogP contribution in [0.15, 0.2) is 12.2 Å². The van der Waals surface area contributed by atoms with Gasteiger partial charge < -0.3 is 10.4 Å². The third-order valence-corrected chi connectivity index (χ3v) is 8.07. The van der Waals surface area contributed by atoms with Gasteiger partial charge in [-0.3, -0.25) is 4.79 Å². The molecule has 0 aliphatic heterocycles. The van der Waals surface area contributed by atoms with Crippen LogP contribution >= 0.6 is 0 Å². The van der Waals surface area contributed by atoms with Crippen molar-refractivity contribution in [1.82, 2.24) is 5.32 Å². The summed E-state index contributed by atoms with van der Waals surface area (Å²) in [5.74, 6) is 0.260. The Kier molecular flexibility index (Phi) is 34.4. The van der Waals surface area contributed by atoms with Gasteiger partial charge in [0.05, 0.1) is 0 Å². The summed E-state index contributed by atoms with van der Waals surface area (Å²) in [6.07, 6.45) is 43.5. The first-order valence-corrected chi connectivity index (χ1v) is 17.8. The summed E-state index contributed by atoms with van der Waals surface area (Å²) in [4.78, 5) is 12.0. The van der Waals surface area contributed by atoms with Gasteiger partial charge in [-0.25, -0.2) is 0 Å². The van der Waals surface area contributed by atoms with Crippen molar-refractivity contribution in [3.8, 4) is 0 Å². The van der Waals surface area contributed by atoms with E-state index in [1.165, 1.54) is 167 Å². The van der Waals surface area contributed by atoms with Gasteiger partial charge in [-0.1, -0.05) is 160 Å². The number of hydrogen-bond acceptors (Lipinski definition) is 2. The van der Waals surface area contributed by atoms with Gasteiger partial charge in [0.15, 0.2) is 0 Å². The molecule has 0 unspecified atom stereocenters. The normalized spacial score (nSPS) is 11.5. The van der Waals surface area contributed by atoms with Gasteiger partial charge in [-0.15, -0.1) is 0 Å². The minimum absolute atomic E-state index is 0.260. The maximum atomic E-state index is 12.0. The zero-order valence-corrected chi connectivity index (χ0v) is 26.6.